The molecule has 0 N–H and O–H groups in total. The Morgan fingerprint density at radius 1 is 1.44 bits per heavy atom. The van der Waals surface area contributed by atoms with Crippen LogP contribution in [0.25, 0.3) is 0 Å². The summed E-state index contributed by atoms with van der Waals surface area (Å²) in [5.74, 6) is 0. The van der Waals surface area contributed by atoms with E-state index in [0.717, 1.165) is 21.4 Å². The molecule has 0 aliphatic carbocycles. The van der Waals surface area contributed by atoms with E-state index in [1.54, 1.807) is 6.20 Å². The molecule has 2 aromatic heterocycles. The van der Waals surface area contributed by atoms with Crippen LogP contribution in [-0.4, -0.2) is 14.8 Å². The van der Waals surface area contributed by atoms with Crippen LogP contribution in [0.3, 0.4) is 0 Å². The number of hydrogen-bond acceptors (Lipinski definition) is 2. The van der Waals surface area contributed by atoms with Gasteiger partial charge in [-0.15, -0.1) is 0 Å². The van der Waals surface area contributed by atoms with Crippen LogP contribution in [0.4, 0.5) is 0 Å². The molecule has 0 radical (unpaired) electrons. The van der Waals surface area contributed by atoms with E-state index in [9.17, 15) is 0 Å². The van der Waals surface area contributed by atoms with Crippen LogP contribution in [0, 0.1) is 13.8 Å². The van der Waals surface area contributed by atoms with E-state index in [4.69, 9.17) is 11.6 Å². The monoisotopic (exact) mass is 299 g/mol. The highest BCUT2D eigenvalue weighted by molar-refractivity contribution is 9.10. The molecule has 0 amide bonds. The summed E-state index contributed by atoms with van der Waals surface area (Å²) in [6, 6.07) is 3.83. The Morgan fingerprint density at radius 3 is 2.75 bits per heavy atom. The highest BCUT2D eigenvalue weighted by Gasteiger charge is 2.10. The maximum absolute atomic E-state index is 6.01. The number of aryl methyl sites for hydroxylation is 1. The van der Waals surface area contributed by atoms with Gasteiger partial charge in [-0.25, -0.2) is 4.98 Å². The summed E-state index contributed by atoms with van der Waals surface area (Å²) < 4.78 is 2.97. The molecule has 84 valence electrons. The van der Waals surface area contributed by atoms with E-state index in [-0.39, 0.29) is 0 Å². The average Bonchev–Trinajstić information content (AvgIpc) is 2.50. The lowest BCUT2D eigenvalue weighted by atomic mass is 10.3. The molecule has 0 aliphatic heterocycles. The molecule has 0 saturated carbocycles. The minimum absolute atomic E-state index is 0.533. The summed E-state index contributed by atoms with van der Waals surface area (Å²) in [6.07, 6.45) is 1.68. The molecule has 2 aromatic rings. The molecule has 0 saturated heterocycles. The van der Waals surface area contributed by atoms with Crippen molar-refractivity contribution in [1.29, 1.82) is 0 Å². The summed E-state index contributed by atoms with van der Waals surface area (Å²) in [6.45, 7) is 4.64. The van der Waals surface area contributed by atoms with Gasteiger partial charge in [-0.05, 0) is 35.8 Å². The lowest BCUT2D eigenvalue weighted by Crippen LogP contribution is -2.04. The van der Waals surface area contributed by atoms with Gasteiger partial charge in [0.2, 0.25) is 0 Å². The lowest BCUT2D eigenvalue weighted by molar-refractivity contribution is 0.657. The molecule has 2 heterocycles. The first kappa shape index (κ1) is 11.6. The largest absolute Gasteiger partial charge is 0.264 e. The number of nitrogens with zero attached hydrogens (tertiary/aromatic N) is 3. The smallest absolute Gasteiger partial charge is 0.134 e. The van der Waals surface area contributed by atoms with Crippen molar-refractivity contribution in [3.05, 3.63) is 44.9 Å². The molecule has 0 aromatic carbocycles. The minimum atomic E-state index is 0.533. The Labute approximate surface area is 108 Å². The highest BCUT2D eigenvalue weighted by atomic mass is 79.9. The molecular weight excluding hydrogens is 289 g/mol. The molecule has 0 aliphatic rings. The number of hydrogen-bond donors (Lipinski definition) is 0. The van der Waals surface area contributed by atoms with Gasteiger partial charge in [0.05, 0.1) is 22.4 Å². The van der Waals surface area contributed by atoms with Gasteiger partial charge in [0.15, 0.2) is 0 Å². The van der Waals surface area contributed by atoms with Gasteiger partial charge in [0.25, 0.3) is 0 Å². The van der Waals surface area contributed by atoms with Gasteiger partial charge in [-0.1, -0.05) is 17.7 Å². The van der Waals surface area contributed by atoms with Crippen LogP contribution >= 0.6 is 27.5 Å². The molecule has 16 heavy (non-hydrogen) atoms. The normalized spacial score (nSPS) is 10.8. The zero-order valence-electron chi connectivity index (χ0n) is 9.04. The standard InChI is InChI=1S/C11H11BrClN3/c1-7-10(12)8(2)16(15-7)6-9-4-3-5-14-11(9)13/h3-5H,6H2,1-2H3. The molecule has 2 rings (SSSR count). The zero-order valence-corrected chi connectivity index (χ0v) is 11.4. The Balaban J connectivity index is 2.34. The Hall–Kier alpha value is -0.870. The first-order valence-corrected chi connectivity index (χ1v) is 6.05. The Morgan fingerprint density at radius 2 is 2.19 bits per heavy atom. The van der Waals surface area contributed by atoms with Crippen molar-refractivity contribution in [2.24, 2.45) is 0 Å². The first-order chi connectivity index (χ1) is 7.59. The van der Waals surface area contributed by atoms with Crippen molar-refractivity contribution in [3.8, 4) is 0 Å². The third-order valence-electron chi connectivity index (χ3n) is 2.45. The quantitative estimate of drug-likeness (QED) is 0.796. The van der Waals surface area contributed by atoms with E-state index in [2.05, 4.69) is 26.0 Å². The van der Waals surface area contributed by atoms with E-state index in [0.29, 0.717) is 11.7 Å². The fourth-order valence-corrected chi connectivity index (χ4v) is 1.99. The minimum Gasteiger partial charge on any atom is -0.264 e. The molecule has 0 fully saturated rings. The van der Waals surface area contributed by atoms with Crippen molar-refractivity contribution in [3.63, 3.8) is 0 Å². The summed E-state index contributed by atoms with van der Waals surface area (Å²) >= 11 is 9.51. The third-order valence-corrected chi connectivity index (χ3v) is 3.94. The average molecular weight is 301 g/mol. The first-order valence-electron chi connectivity index (χ1n) is 4.88. The summed E-state index contributed by atoms with van der Waals surface area (Å²) in [4.78, 5) is 4.05. The fourth-order valence-electron chi connectivity index (χ4n) is 1.53. The molecule has 0 bridgehead atoms. The van der Waals surface area contributed by atoms with E-state index in [1.165, 1.54) is 0 Å². The molecular formula is C11H11BrClN3. The maximum atomic E-state index is 6.01. The van der Waals surface area contributed by atoms with Crippen LogP contribution in [0.5, 0.6) is 0 Å². The van der Waals surface area contributed by atoms with Gasteiger partial charge < -0.3 is 0 Å². The second-order valence-electron chi connectivity index (χ2n) is 3.60. The number of aromatic nitrogens is 3. The van der Waals surface area contributed by atoms with Crippen molar-refractivity contribution in [1.82, 2.24) is 14.8 Å². The fraction of sp³-hybridized carbons (Fsp3) is 0.273. The van der Waals surface area contributed by atoms with Crippen molar-refractivity contribution < 1.29 is 0 Å². The molecule has 0 unspecified atom stereocenters. The number of rotatable bonds is 2. The zero-order chi connectivity index (χ0) is 11.7. The van der Waals surface area contributed by atoms with Gasteiger partial charge in [0, 0.05) is 11.8 Å². The second kappa shape index (κ2) is 4.55. The second-order valence-corrected chi connectivity index (χ2v) is 4.75. The van der Waals surface area contributed by atoms with Crippen molar-refractivity contribution in [2.75, 3.05) is 0 Å². The third kappa shape index (κ3) is 2.13. The number of halogens is 2. The van der Waals surface area contributed by atoms with Crippen LogP contribution in [-0.2, 0) is 6.54 Å². The van der Waals surface area contributed by atoms with Crippen LogP contribution in [0.2, 0.25) is 5.15 Å². The van der Waals surface area contributed by atoms with E-state index >= 15 is 0 Å². The molecule has 0 spiro atoms. The maximum Gasteiger partial charge on any atom is 0.134 e. The van der Waals surface area contributed by atoms with Gasteiger partial charge in [-0.2, -0.15) is 5.10 Å². The van der Waals surface area contributed by atoms with E-state index in [1.807, 2.05) is 30.7 Å². The number of pyridine rings is 1. The topological polar surface area (TPSA) is 30.7 Å². The Kier molecular flexibility index (Phi) is 3.30. The summed E-state index contributed by atoms with van der Waals surface area (Å²) in [7, 11) is 0. The van der Waals surface area contributed by atoms with Gasteiger partial charge in [-0.3, -0.25) is 4.68 Å². The van der Waals surface area contributed by atoms with E-state index < -0.39 is 0 Å². The molecule has 5 heteroatoms. The summed E-state index contributed by atoms with van der Waals surface area (Å²) in [5.41, 5.74) is 3.05. The van der Waals surface area contributed by atoms with Crippen molar-refractivity contribution >= 4 is 27.5 Å². The van der Waals surface area contributed by atoms with Crippen LogP contribution in [0.15, 0.2) is 22.8 Å². The van der Waals surface area contributed by atoms with Gasteiger partial charge >= 0.3 is 0 Å². The SMILES string of the molecule is Cc1nn(Cc2cccnc2Cl)c(C)c1Br. The van der Waals surface area contributed by atoms with Crippen LogP contribution in [0.1, 0.15) is 17.0 Å². The molecule has 0 atom stereocenters. The predicted octanol–water partition coefficient (Wildman–Crippen LogP) is 3.36. The highest BCUT2D eigenvalue weighted by Crippen LogP contribution is 2.21. The van der Waals surface area contributed by atoms with Gasteiger partial charge in [0.1, 0.15) is 5.15 Å². The summed E-state index contributed by atoms with van der Waals surface area (Å²) in [5, 5.41) is 4.96. The predicted molar refractivity (Wildman–Crippen MR) is 67.8 cm³/mol. The molecule has 3 nitrogen and oxygen atoms in total. The lowest BCUT2D eigenvalue weighted by Gasteiger charge is -2.05. The van der Waals surface area contributed by atoms with Crippen LogP contribution < -0.4 is 0 Å². The van der Waals surface area contributed by atoms with Crippen molar-refractivity contribution in [2.45, 2.75) is 20.4 Å². The Bertz CT molecular complexity index is 522.